The van der Waals surface area contributed by atoms with E-state index in [-0.39, 0.29) is 11.1 Å². The van der Waals surface area contributed by atoms with Crippen LogP contribution in [0.5, 0.6) is 5.88 Å². The highest BCUT2D eigenvalue weighted by Gasteiger charge is 2.36. The Hall–Kier alpha value is -2.39. The molecule has 110 valence electrons. The molecule has 20 heavy (non-hydrogen) atoms. The van der Waals surface area contributed by atoms with E-state index in [1.165, 1.54) is 6.92 Å². The van der Waals surface area contributed by atoms with Gasteiger partial charge in [0.25, 0.3) is 0 Å². The van der Waals surface area contributed by atoms with E-state index in [2.05, 4.69) is 14.5 Å². The highest BCUT2D eigenvalue weighted by atomic mass is 19.4. The van der Waals surface area contributed by atoms with E-state index in [1.807, 2.05) is 0 Å². The number of alkyl halides is 3. The number of aromatic nitrogens is 1. The maximum atomic E-state index is 12.2. The predicted octanol–water partition coefficient (Wildman–Crippen LogP) is 1.91. The van der Waals surface area contributed by atoms with Crippen molar-refractivity contribution in [3.63, 3.8) is 0 Å². The molecular formula is C10H9F3N2O5. The number of hydrogen-bond donors (Lipinski definition) is 0. The average molecular weight is 294 g/mol. The van der Waals surface area contributed by atoms with Crippen LogP contribution in [-0.2, 0) is 16.0 Å². The SMILES string of the molecule is COC(=O)Cc1cc([N+](=O)[O-])nc(OC(F)(F)F)c1C. The van der Waals surface area contributed by atoms with Gasteiger partial charge in [0, 0.05) is 16.6 Å². The van der Waals surface area contributed by atoms with Crippen molar-refractivity contribution < 1.29 is 32.4 Å². The molecule has 0 bridgehead atoms. The summed E-state index contributed by atoms with van der Waals surface area (Å²) >= 11 is 0. The Balaban J connectivity index is 3.29. The Morgan fingerprint density at radius 3 is 2.55 bits per heavy atom. The van der Waals surface area contributed by atoms with Crippen molar-refractivity contribution in [3.8, 4) is 5.88 Å². The monoisotopic (exact) mass is 294 g/mol. The zero-order valence-electron chi connectivity index (χ0n) is 10.4. The lowest BCUT2D eigenvalue weighted by molar-refractivity contribution is -0.390. The third-order valence-electron chi connectivity index (χ3n) is 2.28. The van der Waals surface area contributed by atoms with Gasteiger partial charge in [0.15, 0.2) is 0 Å². The van der Waals surface area contributed by atoms with E-state index in [0.29, 0.717) is 0 Å². The Morgan fingerprint density at radius 2 is 2.10 bits per heavy atom. The molecular weight excluding hydrogens is 285 g/mol. The second kappa shape index (κ2) is 5.72. The van der Waals surface area contributed by atoms with Crippen molar-refractivity contribution in [1.82, 2.24) is 4.98 Å². The Morgan fingerprint density at radius 1 is 1.50 bits per heavy atom. The minimum absolute atomic E-state index is 0.0298. The number of methoxy groups -OCH3 is 1. The van der Waals surface area contributed by atoms with Crippen molar-refractivity contribution >= 4 is 11.8 Å². The summed E-state index contributed by atoms with van der Waals surface area (Å²) in [5, 5.41) is 10.6. The van der Waals surface area contributed by atoms with Gasteiger partial charge in [0.05, 0.1) is 13.5 Å². The molecule has 0 spiro atoms. The molecule has 1 aromatic rings. The van der Waals surface area contributed by atoms with Gasteiger partial charge in [-0.25, -0.2) is 0 Å². The lowest BCUT2D eigenvalue weighted by Gasteiger charge is -2.10. The number of nitrogens with zero attached hydrogens (tertiary/aromatic N) is 2. The van der Waals surface area contributed by atoms with Gasteiger partial charge in [0.2, 0.25) is 0 Å². The van der Waals surface area contributed by atoms with Crippen LogP contribution in [0, 0.1) is 17.0 Å². The highest BCUT2D eigenvalue weighted by Crippen LogP contribution is 2.29. The van der Waals surface area contributed by atoms with Gasteiger partial charge in [-0.2, -0.15) is 0 Å². The molecule has 0 atom stereocenters. The van der Waals surface area contributed by atoms with Crippen molar-refractivity contribution in [2.75, 3.05) is 7.11 Å². The number of carbonyl (C=O) groups is 1. The second-order valence-corrected chi connectivity index (χ2v) is 3.63. The Bertz CT molecular complexity index is 544. The molecule has 0 saturated carbocycles. The molecule has 0 aliphatic rings. The molecule has 1 heterocycles. The highest BCUT2D eigenvalue weighted by molar-refractivity contribution is 5.73. The van der Waals surface area contributed by atoms with Crippen LogP contribution in [0.4, 0.5) is 19.0 Å². The molecule has 0 aliphatic carbocycles. The number of esters is 1. The first-order valence-electron chi connectivity index (χ1n) is 5.11. The zero-order chi connectivity index (χ0) is 15.5. The molecule has 0 unspecified atom stereocenters. The number of pyridine rings is 1. The average Bonchev–Trinajstić information content (AvgIpc) is 2.31. The summed E-state index contributed by atoms with van der Waals surface area (Å²) in [5.74, 6) is -2.58. The van der Waals surface area contributed by atoms with Crippen LogP contribution in [0.2, 0.25) is 0 Å². The number of halogens is 3. The molecule has 1 rings (SSSR count). The lowest BCUT2D eigenvalue weighted by atomic mass is 10.1. The summed E-state index contributed by atoms with van der Waals surface area (Å²) in [4.78, 5) is 23.9. The Kier molecular flexibility index (Phi) is 4.48. The van der Waals surface area contributed by atoms with E-state index in [0.717, 1.165) is 13.2 Å². The van der Waals surface area contributed by atoms with E-state index in [1.54, 1.807) is 0 Å². The molecule has 0 amide bonds. The summed E-state index contributed by atoms with van der Waals surface area (Å²) < 4.78 is 44.5. The summed E-state index contributed by atoms with van der Waals surface area (Å²) in [7, 11) is 1.08. The largest absolute Gasteiger partial charge is 0.575 e. The summed E-state index contributed by atoms with van der Waals surface area (Å²) in [6, 6.07) is 0.898. The van der Waals surface area contributed by atoms with Gasteiger partial charge in [-0.3, -0.25) is 4.79 Å². The van der Waals surface area contributed by atoms with Gasteiger partial charge in [-0.1, -0.05) is 0 Å². The topological polar surface area (TPSA) is 91.6 Å². The molecule has 0 fully saturated rings. The summed E-state index contributed by atoms with van der Waals surface area (Å²) in [6.07, 6.45) is -5.48. The molecule has 0 aliphatic heterocycles. The zero-order valence-corrected chi connectivity index (χ0v) is 10.4. The van der Waals surface area contributed by atoms with Gasteiger partial charge < -0.3 is 19.6 Å². The molecule has 1 aromatic heterocycles. The maximum Gasteiger partial charge on any atom is 0.575 e. The minimum Gasteiger partial charge on any atom is -0.469 e. The first-order valence-corrected chi connectivity index (χ1v) is 5.11. The standard InChI is InChI=1S/C10H9F3N2O5/c1-5-6(4-8(16)19-2)3-7(15(17)18)14-9(5)20-10(11,12)13/h3H,4H2,1-2H3. The van der Waals surface area contributed by atoms with Crippen LogP contribution >= 0.6 is 0 Å². The van der Waals surface area contributed by atoms with Gasteiger partial charge in [0.1, 0.15) is 0 Å². The van der Waals surface area contributed by atoms with Crippen LogP contribution in [-0.4, -0.2) is 29.3 Å². The minimum atomic E-state index is -5.05. The summed E-state index contributed by atoms with van der Waals surface area (Å²) in [5.41, 5.74) is -0.156. The number of nitro groups is 1. The lowest BCUT2D eigenvalue weighted by Crippen LogP contribution is -2.20. The van der Waals surface area contributed by atoms with E-state index >= 15 is 0 Å². The van der Waals surface area contributed by atoms with Gasteiger partial charge in [-0.05, 0) is 17.4 Å². The van der Waals surface area contributed by atoms with Crippen molar-refractivity contribution in [2.24, 2.45) is 0 Å². The quantitative estimate of drug-likeness (QED) is 0.478. The van der Waals surface area contributed by atoms with Gasteiger partial charge >= 0.3 is 24.0 Å². The van der Waals surface area contributed by atoms with Crippen LogP contribution in [0.25, 0.3) is 0 Å². The van der Waals surface area contributed by atoms with E-state index in [9.17, 15) is 28.1 Å². The Labute approximate surface area is 110 Å². The van der Waals surface area contributed by atoms with Crippen LogP contribution in [0.1, 0.15) is 11.1 Å². The van der Waals surface area contributed by atoms with Crippen molar-refractivity contribution in [3.05, 3.63) is 27.3 Å². The van der Waals surface area contributed by atoms with Gasteiger partial charge in [-0.15, -0.1) is 13.2 Å². The first kappa shape index (κ1) is 15.7. The normalized spacial score (nSPS) is 11.1. The molecule has 7 nitrogen and oxygen atoms in total. The molecule has 0 radical (unpaired) electrons. The first-order chi connectivity index (χ1) is 9.14. The van der Waals surface area contributed by atoms with Crippen molar-refractivity contribution in [2.45, 2.75) is 19.7 Å². The fraction of sp³-hybridized carbons (Fsp3) is 0.400. The van der Waals surface area contributed by atoms with Crippen LogP contribution in [0.3, 0.4) is 0 Å². The number of rotatable bonds is 4. The second-order valence-electron chi connectivity index (χ2n) is 3.63. The third-order valence-corrected chi connectivity index (χ3v) is 2.28. The number of hydrogen-bond acceptors (Lipinski definition) is 6. The maximum absolute atomic E-state index is 12.2. The van der Waals surface area contributed by atoms with Crippen LogP contribution in [0.15, 0.2) is 6.07 Å². The van der Waals surface area contributed by atoms with Crippen LogP contribution < -0.4 is 4.74 Å². The fourth-order valence-corrected chi connectivity index (χ4v) is 1.34. The number of carbonyl (C=O) groups excluding carboxylic acids is 1. The van der Waals surface area contributed by atoms with E-state index < -0.39 is 35.4 Å². The summed E-state index contributed by atoms with van der Waals surface area (Å²) in [6.45, 7) is 1.20. The molecule has 0 aromatic carbocycles. The fourth-order valence-electron chi connectivity index (χ4n) is 1.34. The molecule has 0 saturated heterocycles. The smallest absolute Gasteiger partial charge is 0.469 e. The molecule has 0 N–H and O–H groups in total. The third kappa shape index (κ3) is 4.07. The predicted molar refractivity (Wildman–Crippen MR) is 58.0 cm³/mol. The molecule has 10 heteroatoms. The van der Waals surface area contributed by atoms with Crippen molar-refractivity contribution in [1.29, 1.82) is 0 Å². The van der Waals surface area contributed by atoms with E-state index in [4.69, 9.17) is 0 Å². The number of ether oxygens (including phenoxy) is 2.